The van der Waals surface area contributed by atoms with Crippen molar-refractivity contribution in [3.8, 4) is 0 Å². The number of carbonyl (C=O) groups is 3. The maximum absolute atomic E-state index is 13.0. The molecule has 1 unspecified atom stereocenters. The molecule has 0 aliphatic heterocycles. The van der Waals surface area contributed by atoms with Crippen LogP contribution in [0.2, 0.25) is 0 Å². The molecule has 0 aliphatic carbocycles. The normalized spacial score (nSPS) is 12.3. The van der Waals surface area contributed by atoms with Crippen molar-refractivity contribution in [3.05, 3.63) is 48.6 Å². The Kier molecular flexibility index (Phi) is 68.6. The fraction of sp³-hybridized carbons (Fsp3) is 0.855. The highest BCUT2D eigenvalue weighted by molar-refractivity contribution is 5.71. The Morgan fingerprint density at radius 2 is 0.476 bits per heavy atom. The summed E-state index contributed by atoms with van der Waals surface area (Å²) in [6.45, 7) is 6.58. The molecule has 0 bridgehead atoms. The van der Waals surface area contributed by atoms with Crippen LogP contribution < -0.4 is 0 Å². The third-order valence-corrected chi connectivity index (χ3v) is 16.6. The van der Waals surface area contributed by atoms with E-state index in [0.29, 0.717) is 19.3 Å². The average Bonchev–Trinajstić information content (AvgIpc) is 3.47. The van der Waals surface area contributed by atoms with Crippen LogP contribution in [0.3, 0.4) is 0 Å². The van der Waals surface area contributed by atoms with Gasteiger partial charge in [-0.15, -0.1) is 0 Å². The Labute approximate surface area is 511 Å². The highest BCUT2D eigenvalue weighted by atomic mass is 16.6. The molecule has 0 heterocycles. The predicted octanol–water partition coefficient (Wildman–Crippen LogP) is 25.3. The zero-order chi connectivity index (χ0) is 59.2. The minimum absolute atomic E-state index is 0.0778. The fourth-order valence-electron chi connectivity index (χ4n) is 11.1. The standard InChI is InChI=1S/C76H140O6/c1-4-7-10-13-16-19-22-25-27-29-31-33-35-37-38-39-41-42-44-46-48-51-54-57-60-63-66-69-75(78)81-72-73(71-80-74(77)68-65-62-59-56-53-50-24-21-18-15-12-9-6-3)82-76(79)70-67-64-61-58-55-52-49-47-45-43-40-36-34-32-30-28-26-23-20-17-14-11-8-5-2/h9,12,18,21,29,31,50,53,73H,4-8,10-11,13-17,19-20,22-28,30,32-49,51-52,54-72H2,1-3H3/b12-9-,21-18-,31-29-,53-50-. The second-order valence-corrected chi connectivity index (χ2v) is 24.8. The Hall–Kier alpha value is -2.63. The molecule has 0 aliphatic rings. The summed E-state index contributed by atoms with van der Waals surface area (Å²) >= 11 is 0. The fourth-order valence-corrected chi connectivity index (χ4v) is 11.1. The number of esters is 3. The first-order valence-electron chi connectivity index (χ1n) is 36.6. The molecule has 0 rings (SSSR count). The molecule has 82 heavy (non-hydrogen) atoms. The zero-order valence-electron chi connectivity index (χ0n) is 55.3. The highest BCUT2D eigenvalue weighted by Gasteiger charge is 2.19. The van der Waals surface area contributed by atoms with Crippen molar-refractivity contribution in [1.29, 1.82) is 0 Å². The molecule has 0 aromatic rings. The van der Waals surface area contributed by atoms with Crippen LogP contribution in [0.15, 0.2) is 48.6 Å². The van der Waals surface area contributed by atoms with Gasteiger partial charge in [-0.1, -0.05) is 352 Å². The van der Waals surface area contributed by atoms with Crippen LogP contribution >= 0.6 is 0 Å². The quantitative estimate of drug-likeness (QED) is 0.0261. The van der Waals surface area contributed by atoms with Gasteiger partial charge in [0.05, 0.1) is 0 Å². The minimum Gasteiger partial charge on any atom is -0.462 e. The SMILES string of the molecule is CC/C=C\C/C=C\C/C=C\CCCCCC(=O)OCC(COC(=O)CCCCCCCCCCCCCCCCC/C=C\CCCCCCCCCC)OC(=O)CCCCCCCCCCCCCCCCCCCCCCCCCC. The number of carbonyl (C=O) groups excluding carboxylic acids is 3. The lowest BCUT2D eigenvalue weighted by Crippen LogP contribution is -2.30. The Morgan fingerprint density at radius 3 is 0.768 bits per heavy atom. The molecule has 0 radical (unpaired) electrons. The van der Waals surface area contributed by atoms with Gasteiger partial charge in [-0.25, -0.2) is 0 Å². The molecule has 6 heteroatoms. The number of hydrogen-bond acceptors (Lipinski definition) is 6. The molecule has 6 nitrogen and oxygen atoms in total. The molecule has 0 N–H and O–H groups in total. The average molecular weight is 1150 g/mol. The van der Waals surface area contributed by atoms with Crippen LogP contribution in [0.1, 0.15) is 400 Å². The zero-order valence-corrected chi connectivity index (χ0v) is 55.3. The van der Waals surface area contributed by atoms with Gasteiger partial charge < -0.3 is 14.2 Å². The first kappa shape index (κ1) is 79.4. The second kappa shape index (κ2) is 70.9. The Bertz CT molecular complexity index is 1410. The third kappa shape index (κ3) is 68.2. The number of rotatable bonds is 68. The van der Waals surface area contributed by atoms with Crippen molar-refractivity contribution in [2.45, 2.75) is 406 Å². The van der Waals surface area contributed by atoms with Gasteiger partial charge >= 0.3 is 17.9 Å². The number of allylic oxidation sites excluding steroid dienone is 8. The lowest BCUT2D eigenvalue weighted by Gasteiger charge is -2.18. The monoisotopic (exact) mass is 1150 g/mol. The van der Waals surface area contributed by atoms with Crippen LogP contribution in [-0.2, 0) is 28.6 Å². The van der Waals surface area contributed by atoms with E-state index in [2.05, 4.69) is 69.4 Å². The summed E-state index contributed by atoms with van der Waals surface area (Å²) in [6, 6.07) is 0. The number of ether oxygens (including phenoxy) is 3. The highest BCUT2D eigenvalue weighted by Crippen LogP contribution is 2.19. The van der Waals surface area contributed by atoms with E-state index in [4.69, 9.17) is 14.2 Å². The van der Waals surface area contributed by atoms with Crippen molar-refractivity contribution >= 4 is 17.9 Å². The molecule has 0 amide bonds. The minimum atomic E-state index is -0.784. The summed E-state index contributed by atoms with van der Waals surface area (Å²) in [5, 5.41) is 0. The maximum Gasteiger partial charge on any atom is 0.306 e. The Balaban J connectivity index is 4.21. The van der Waals surface area contributed by atoms with Gasteiger partial charge in [0.25, 0.3) is 0 Å². The van der Waals surface area contributed by atoms with Gasteiger partial charge in [0, 0.05) is 19.3 Å². The van der Waals surface area contributed by atoms with E-state index in [1.54, 1.807) is 0 Å². The van der Waals surface area contributed by atoms with Crippen LogP contribution in [0, 0.1) is 0 Å². The van der Waals surface area contributed by atoms with Crippen molar-refractivity contribution in [1.82, 2.24) is 0 Å². The van der Waals surface area contributed by atoms with E-state index >= 15 is 0 Å². The summed E-state index contributed by atoms with van der Waals surface area (Å²) < 4.78 is 17.0. The molecular weight excluding hydrogens is 1010 g/mol. The van der Waals surface area contributed by atoms with Crippen LogP contribution in [-0.4, -0.2) is 37.2 Å². The van der Waals surface area contributed by atoms with Gasteiger partial charge in [-0.2, -0.15) is 0 Å². The first-order chi connectivity index (χ1) is 40.5. The van der Waals surface area contributed by atoms with E-state index in [-0.39, 0.29) is 31.1 Å². The van der Waals surface area contributed by atoms with E-state index in [0.717, 1.165) is 83.5 Å². The summed E-state index contributed by atoms with van der Waals surface area (Å²) in [4.78, 5) is 38.4. The largest absolute Gasteiger partial charge is 0.462 e. The number of unbranched alkanes of at least 4 members (excludes halogenated alkanes) is 49. The Morgan fingerprint density at radius 1 is 0.256 bits per heavy atom. The number of hydrogen-bond donors (Lipinski definition) is 0. The molecule has 0 fully saturated rings. The molecule has 0 aromatic heterocycles. The smallest absolute Gasteiger partial charge is 0.306 e. The summed E-state index contributed by atoms with van der Waals surface area (Å²) in [5.41, 5.74) is 0. The third-order valence-electron chi connectivity index (χ3n) is 16.6. The van der Waals surface area contributed by atoms with E-state index < -0.39 is 6.10 Å². The maximum atomic E-state index is 13.0. The van der Waals surface area contributed by atoms with Gasteiger partial charge in [-0.05, 0) is 77.0 Å². The summed E-state index contributed by atoms with van der Waals surface area (Å²) in [7, 11) is 0. The molecule has 480 valence electrons. The van der Waals surface area contributed by atoms with Gasteiger partial charge in [0.1, 0.15) is 13.2 Å². The van der Waals surface area contributed by atoms with Crippen LogP contribution in [0.25, 0.3) is 0 Å². The first-order valence-corrected chi connectivity index (χ1v) is 36.6. The van der Waals surface area contributed by atoms with Crippen molar-refractivity contribution in [2.24, 2.45) is 0 Å². The van der Waals surface area contributed by atoms with Gasteiger partial charge in [0.15, 0.2) is 6.10 Å². The van der Waals surface area contributed by atoms with E-state index in [9.17, 15) is 14.4 Å². The van der Waals surface area contributed by atoms with Gasteiger partial charge in [0.2, 0.25) is 0 Å². The van der Waals surface area contributed by atoms with Crippen molar-refractivity contribution in [2.75, 3.05) is 13.2 Å². The van der Waals surface area contributed by atoms with Gasteiger partial charge in [-0.3, -0.25) is 14.4 Å². The molecule has 0 saturated carbocycles. The molecular formula is C76H140O6. The van der Waals surface area contributed by atoms with Crippen molar-refractivity contribution < 1.29 is 28.6 Å². The predicted molar refractivity (Wildman–Crippen MR) is 358 cm³/mol. The topological polar surface area (TPSA) is 78.9 Å². The summed E-state index contributed by atoms with van der Waals surface area (Å²) in [6.07, 6.45) is 90.2. The lowest BCUT2D eigenvalue weighted by atomic mass is 10.0. The molecule has 0 saturated heterocycles. The van der Waals surface area contributed by atoms with Crippen LogP contribution in [0.5, 0.6) is 0 Å². The molecule has 0 aromatic carbocycles. The second-order valence-electron chi connectivity index (χ2n) is 24.8. The molecule has 1 atom stereocenters. The van der Waals surface area contributed by atoms with Crippen molar-refractivity contribution in [3.63, 3.8) is 0 Å². The van der Waals surface area contributed by atoms with E-state index in [1.165, 1.54) is 276 Å². The van der Waals surface area contributed by atoms with Crippen LogP contribution in [0.4, 0.5) is 0 Å². The summed E-state index contributed by atoms with van der Waals surface area (Å²) in [5.74, 6) is -0.880. The lowest BCUT2D eigenvalue weighted by molar-refractivity contribution is -0.167. The molecule has 0 spiro atoms. The van der Waals surface area contributed by atoms with E-state index in [1.807, 2.05) is 0 Å².